The monoisotopic (exact) mass is 162 g/mol. The van der Waals surface area contributed by atoms with Crippen molar-refractivity contribution in [1.29, 1.82) is 0 Å². The van der Waals surface area contributed by atoms with E-state index in [2.05, 4.69) is 0 Å². The van der Waals surface area contributed by atoms with Crippen molar-refractivity contribution in [3.05, 3.63) is 0 Å². The fraction of sp³-hybridized carbons (Fsp3) is 1.00. The molecule has 0 heterocycles. The second-order valence-electron chi connectivity index (χ2n) is 2.85. The molecule has 2 unspecified atom stereocenters. The van der Waals surface area contributed by atoms with Crippen molar-refractivity contribution in [2.24, 2.45) is 0 Å². The van der Waals surface area contributed by atoms with Crippen LogP contribution in [-0.4, -0.2) is 37.1 Å². The first-order valence-corrected chi connectivity index (χ1v) is 3.90. The number of hydrogen-bond acceptors (Lipinski definition) is 3. The van der Waals surface area contributed by atoms with Gasteiger partial charge in [0.05, 0.1) is 24.9 Å². The third-order valence-electron chi connectivity index (χ3n) is 1.53. The predicted molar refractivity (Wildman–Crippen MR) is 43.6 cm³/mol. The molecule has 0 rings (SSSR count). The molecule has 0 spiro atoms. The molecule has 0 amide bonds. The van der Waals surface area contributed by atoms with E-state index in [0.717, 1.165) is 0 Å². The zero-order valence-corrected chi connectivity index (χ0v) is 7.70. The molecule has 0 saturated heterocycles. The van der Waals surface area contributed by atoms with E-state index in [-0.39, 0.29) is 12.2 Å². The Morgan fingerprint density at radius 3 is 2.18 bits per heavy atom. The van der Waals surface area contributed by atoms with E-state index in [9.17, 15) is 0 Å². The minimum atomic E-state index is -0.422. The largest absolute Gasteiger partial charge is 0.391 e. The van der Waals surface area contributed by atoms with Crippen molar-refractivity contribution >= 4 is 0 Å². The molecule has 0 saturated carbocycles. The van der Waals surface area contributed by atoms with E-state index < -0.39 is 6.10 Å². The second kappa shape index (κ2) is 5.52. The van der Waals surface area contributed by atoms with Crippen LogP contribution in [0.3, 0.4) is 0 Å². The van der Waals surface area contributed by atoms with Gasteiger partial charge in [0.1, 0.15) is 0 Å². The van der Waals surface area contributed by atoms with E-state index in [4.69, 9.17) is 14.6 Å². The van der Waals surface area contributed by atoms with Crippen molar-refractivity contribution in [1.82, 2.24) is 0 Å². The number of aliphatic hydroxyl groups excluding tert-OH is 1. The lowest BCUT2D eigenvalue weighted by Gasteiger charge is -2.20. The lowest BCUT2D eigenvalue weighted by Crippen LogP contribution is -2.29. The number of hydrogen-bond donors (Lipinski definition) is 1. The highest BCUT2D eigenvalue weighted by molar-refractivity contribution is 4.59. The smallest absolute Gasteiger partial charge is 0.0807 e. The van der Waals surface area contributed by atoms with E-state index in [1.165, 1.54) is 0 Å². The summed E-state index contributed by atoms with van der Waals surface area (Å²) in [7, 11) is 1.63. The van der Waals surface area contributed by atoms with Crippen LogP contribution in [0.4, 0.5) is 0 Å². The van der Waals surface area contributed by atoms with Crippen LogP contribution < -0.4 is 0 Å². The molecule has 3 heteroatoms. The summed E-state index contributed by atoms with van der Waals surface area (Å²) in [6, 6.07) is 0. The van der Waals surface area contributed by atoms with Crippen LogP contribution in [-0.2, 0) is 9.47 Å². The van der Waals surface area contributed by atoms with Crippen LogP contribution in [0.25, 0.3) is 0 Å². The summed E-state index contributed by atoms with van der Waals surface area (Å²) >= 11 is 0. The molecule has 0 aliphatic rings. The van der Waals surface area contributed by atoms with Gasteiger partial charge in [-0.15, -0.1) is 0 Å². The van der Waals surface area contributed by atoms with E-state index in [1.807, 2.05) is 13.8 Å². The zero-order valence-electron chi connectivity index (χ0n) is 7.70. The Balaban J connectivity index is 3.48. The van der Waals surface area contributed by atoms with Crippen LogP contribution in [0.1, 0.15) is 20.8 Å². The molecule has 11 heavy (non-hydrogen) atoms. The van der Waals surface area contributed by atoms with Gasteiger partial charge in [0.2, 0.25) is 0 Å². The Morgan fingerprint density at radius 2 is 1.82 bits per heavy atom. The van der Waals surface area contributed by atoms with Gasteiger partial charge in [-0.25, -0.2) is 0 Å². The highest BCUT2D eigenvalue weighted by Gasteiger charge is 2.12. The van der Waals surface area contributed by atoms with Crippen molar-refractivity contribution in [2.45, 2.75) is 39.1 Å². The van der Waals surface area contributed by atoms with Gasteiger partial charge in [-0.3, -0.25) is 0 Å². The van der Waals surface area contributed by atoms with Gasteiger partial charge in [-0.2, -0.15) is 0 Å². The predicted octanol–water partition coefficient (Wildman–Crippen LogP) is 0.807. The van der Waals surface area contributed by atoms with Gasteiger partial charge in [0.25, 0.3) is 0 Å². The molecule has 68 valence electrons. The van der Waals surface area contributed by atoms with Gasteiger partial charge in [0.15, 0.2) is 0 Å². The van der Waals surface area contributed by atoms with Gasteiger partial charge in [-0.05, 0) is 20.8 Å². The molecule has 0 aromatic carbocycles. The summed E-state index contributed by atoms with van der Waals surface area (Å²) < 4.78 is 10.3. The Kier molecular flexibility index (Phi) is 5.46. The SMILES string of the molecule is COCC(C)OC(C)[C@@H](C)O. The fourth-order valence-electron chi connectivity index (χ4n) is 0.754. The Labute approximate surface area is 68.3 Å². The standard InChI is InChI=1S/C8H18O3/c1-6(5-10-4)11-8(3)7(2)9/h6-9H,5H2,1-4H3/t6?,7-,8?/m1/s1. The van der Waals surface area contributed by atoms with Crippen LogP contribution in [0, 0.1) is 0 Å². The van der Waals surface area contributed by atoms with Gasteiger partial charge < -0.3 is 14.6 Å². The van der Waals surface area contributed by atoms with Gasteiger partial charge in [-0.1, -0.05) is 0 Å². The molecule has 3 nitrogen and oxygen atoms in total. The molecule has 0 fully saturated rings. The van der Waals surface area contributed by atoms with Gasteiger partial charge >= 0.3 is 0 Å². The normalized spacial score (nSPS) is 19.4. The van der Waals surface area contributed by atoms with E-state index >= 15 is 0 Å². The summed E-state index contributed by atoms with van der Waals surface area (Å²) in [6.45, 7) is 6.04. The zero-order chi connectivity index (χ0) is 8.85. The summed E-state index contributed by atoms with van der Waals surface area (Å²) in [5, 5.41) is 9.07. The lowest BCUT2D eigenvalue weighted by molar-refractivity contribution is -0.0758. The maximum Gasteiger partial charge on any atom is 0.0807 e. The maximum absolute atomic E-state index is 9.07. The highest BCUT2D eigenvalue weighted by Crippen LogP contribution is 2.02. The van der Waals surface area contributed by atoms with Crippen LogP contribution in [0.5, 0.6) is 0 Å². The summed E-state index contributed by atoms with van der Waals surface area (Å²) in [4.78, 5) is 0. The average molecular weight is 162 g/mol. The number of methoxy groups -OCH3 is 1. The number of ether oxygens (including phenoxy) is 2. The molecule has 3 atom stereocenters. The average Bonchev–Trinajstić information content (AvgIpc) is 1.87. The van der Waals surface area contributed by atoms with E-state index in [1.54, 1.807) is 14.0 Å². The molecular formula is C8H18O3. The molecule has 0 aromatic heterocycles. The molecular weight excluding hydrogens is 144 g/mol. The quantitative estimate of drug-likeness (QED) is 0.650. The van der Waals surface area contributed by atoms with Crippen molar-refractivity contribution in [3.63, 3.8) is 0 Å². The molecule has 0 radical (unpaired) electrons. The molecule has 0 aliphatic heterocycles. The molecule has 0 bridgehead atoms. The lowest BCUT2D eigenvalue weighted by atomic mass is 10.2. The summed E-state index contributed by atoms with van der Waals surface area (Å²) in [5.41, 5.74) is 0. The maximum atomic E-state index is 9.07. The minimum absolute atomic E-state index is 0.0459. The van der Waals surface area contributed by atoms with Crippen molar-refractivity contribution in [2.75, 3.05) is 13.7 Å². The Morgan fingerprint density at radius 1 is 1.27 bits per heavy atom. The van der Waals surface area contributed by atoms with E-state index in [0.29, 0.717) is 6.61 Å². The second-order valence-corrected chi connectivity index (χ2v) is 2.85. The van der Waals surface area contributed by atoms with Crippen molar-refractivity contribution in [3.8, 4) is 0 Å². The summed E-state index contributed by atoms with van der Waals surface area (Å²) in [5.74, 6) is 0. The first kappa shape index (κ1) is 10.9. The highest BCUT2D eigenvalue weighted by atomic mass is 16.5. The first-order chi connectivity index (χ1) is 5.07. The fourth-order valence-corrected chi connectivity index (χ4v) is 0.754. The third kappa shape index (κ3) is 5.18. The topological polar surface area (TPSA) is 38.7 Å². The molecule has 0 aliphatic carbocycles. The Bertz CT molecular complexity index is 93.3. The number of rotatable bonds is 5. The van der Waals surface area contributed by atoms with Gasteiger partial charge in [0, 0.05) is 7.11 Å². The van der Waals surface area contributed by atoms with Crippen LogP contribution in [0.2, 0.25) is 0 Å². The third-order valence-corrected chi connectivity index (χ3v) is 1.53. The Hall–Kier alpha value is -0.120. The number of aliphatic hydroxyl groups is 1. The van der Waals surface area contributed by atoms with Crippen LogP contribution >= 0.6 is 0 Å². The van der Waals surface area contributed by atoms with Crippen molar-refractivity contribution < 1.29 is 14.6 Å². The summed E-state index contributed by atoms with van der Waals surface area (Å²) in [6.07, 6.45) is -0.501. The van der Waals surface area contributed by atoms with Crippen LogP contribution in [0.15, 0.2) is 0 Å². The molecule has 0 aromatic rings. The minimum Gasteiger partial charge on any atom is -0.391 e. The molecule has 1 N–H and O–H groups in total. The first-order valence-electron chi connectivity index (χ1n) is 3.90.